The van der Waals surface area contributed by atoms with Crippen molar-refractivity contribution in [2.75, 3.05) is 20.6 Å². The fraction of sp³-hybridized carbons (Fsp3) is 0.273. The summed E-state index contributed by atoms with van der Waals surface area (Å²) in [6.45, 7) is 0.324. The van der Waals surface area contributed by atoms with Crippen molar-refractivity contribution in [1.82, 2.24) is 4.90 Å². The lowest BCUT2D eigenvalue weighted by atomic mass is 10.1. The predicted octanol–water partition coefficient (Wildman–Crippen LogP) is 1.26. The van der Waals surface area contributed by atoms with Gasteiger partial charge in [0.25, 0.3) is 0 Å². The Morgan fingerprint density at radius 1 is 1.33 bits per heavy atom. The van der Waals surface area contributed by atoms with Crippen molar-refractivity contribution in [3.05, 3.63) is 35.9 Å². The fourth-order valence-corrected chi connectivity index (χ4v) is 1.20. The molecule has 0 saturated carbocycles. The zero-order valence-corrected chi connectivity index (χ0v) is 8.84. The summed E-state index contributed by atoms with van der Waals surface area (Å²) in [6, 6.07) is 8.78. The van der Waals surface area contributed by atoms with Crippen LogP contribution in [0.1, 0.15) is 10.4 Å². The van der Waals surface area contributed by atoms with E-state index in [4.69, 9.17) is 5.21 Å². The molecule has 0 heterocycles. The second-order valence-corrected chi connectivity index (χ2v) is 3.48. The standard InChI is InChI=1S/C11H14N2O2/c1-13(2)8-10(12-15)11(14)9-6-4-3-5-7-9/h3-7,15H,8H2,1-2H3. The van der Waals surface area contributed by atoms with Gasteiger partial charge in [-0.05, 0) is 14.1 Å². The van der Waals surface area contributed by atoms with Crippen LogP contribution in [-0.4, -0.2) is 42.2 Å². The zero-order valence-electron chi connectivity index (χ0n) is 8.84. The third-order valence-electron chi connectivity index (χ3n) is 1.88. The van der Waals surface area contributed by atoms with Crippen LogP contribution in [0.5, 0.6) is 0 Å². The predicted molar refractivity (Wildman–Crippen MR) is 58.5 cm³/mol. The fourth-order valence-electron chi connectivity index (χ4n) is 1.20. The molecule has 0 spiro atoms. The number of hydrogen-bond donors (Lipinski definition) is 1. The highest BCUT2D eigenvalue weighted by Crippen LogP contribution is 2.02. The summed E-state index contributed by atoms with van der Waals surface area (Å²) in [5.74, 6) is -0.244. The summed E-state index contributed by atoms with van der Waals surface area (Å²) >= 11 is 0. The van der Waals surface area contributed by atoms with E-state index >= 15 is 0 Å². The zero-order chi connectivity index (χ0) is 11.3. The highest BCUT2D eigenvalue weighted by molar-refractivity contribution is 6.46. The van der Waals surface area contributed by atoms with E-state index in [9.17, 15) is 4.79 Å². The summed E-state index contributed by atoms with van der Waals surface area (Å²) in [4.78, 5) is 13.6. The van der Waals surface area contributed by atoms with Crippen LogP contribution in [0.25, 0.3) is 0 Å². The van der Waals surface area contributed by atoms with Crippen LogP contribution in [0.3, 0.4) is 0 Å². The Hall–Kier alpha value is -1.68. The number of oxime groups is 1. The number of benzene rings is 1. The van der Waals surface area contributed by atoms with Gasteiger partial charge in [0.15, 0.2) is 0 Å². The lowest BCUT2D eigenvalue weighted by Gasteiger charge is -2.09. The highest BCUT2D eigenvalue weighted by Gasteiger charge is 2.14. The van der Waals surface area contributed by atoms with E-state index in [0.29, 0.717) is 12.1 Å². The summed E-state index contributed by atoms with van der Waals surface area (Å²) in [5, 5.41) is 11.8. The molecule has 0 unspecified atom stereocenters. The van der Waals surface area contributed by atoms with Crippen molar-refractivity contribution in [2.45, 2.75) is 0 Å². The van der Waals surface area contributed by atoms with Gasteiger partial charge in [-0.15, -0.1) is 0 Å². The Labute approximate surface area is 88.8 Å². The van der Waals surface area contributed by atoms with Crippen molar-refractivity contribution in [2.24, 2.45) is 5.16 Å². The van der Waals surface area contributed by atoms with Gasteiger partial charge in [-0.2, -0.15) is 0 Å². The van der Waals surface area contributed by atoms with Gasteiger partial charge in [0.1, 0.15) is 5.71 Å². The first kappa shape index (κ1) is 11.4. The molecule has 0 aliphatic carbocycles. The van der Waals surface area contributed by atoms with E-state index in [0.717, 1.165) is 0 Å². The molecule has 0 aliphatic heterocycles. The molecular weight excluding hydrogens is 192 g/mol. The van der Waals surface area contributed by atoms with E-state index in [-0.39, 0.29) is 11.5 Å². The molecule has 0 radical (unpaired) electrons. The monoisotopic (exact) mass is 206 g/mol. The largest absolute Gasteiger partial charge is 0.410 e. The van der Waals surface area contributed by atoms with E-state index in [1.807, 2.05) is 20.2 Å². The normalized spacial score (nSPS) is 11.8. The van der Waals surface area contributed by atoms with Gasteiger partial charge in [-0.25, -0.2) is 0 Å². The first-order chi connectivity index (χ1) is 7.15. The second-order valence-electron chi connectivity index (χ2n) is 3.48. The number of carbonyl (C=O) groups is 1. The number of Topliss-reactive ketones (excluding diaryl/α,β-unsaturated/α-hetero) is 1. The Kier molecular flexibility index (Phi) is 4.00. The average molecular weight is 206 g/mol. The number of rotatable bonds is 4. The van der Waals surface area contributed by atoms with Crippen LogP contribution in [0, 0.1) is 0 Å². The first-order valence-electron chi connectivity index (χ1n) is 4.60. The molecule has 0 bridgehead atoms. The number of ketones is 1. The minimum atomic E-state index is -0.244. The Morgan fingerprint density at radius 2 is 1.93 bits per heavy atom. The summed E-state index contributed by atoms with van der Waals surface area (Å²) in [6.07, 6.45) is 0. The molecule has 0 saturated heterocycles. The van der Waals surface area contributed by atoms with Crippen molar-refractivity contribution in [3.63, 3.8) is 0 Å². The van der Waals surface area contributed by atoms with Gasteiger partial charge in [0, 0.05) is 12.1 Å². The number of carbonyl (C=O) groups excluding carboxylic acids is 1. The van der Waals surface area contributed by atoms with E-state index in [1.54, 1.807) is 29.2 Å². The summed E-state index contributed by atoms with van der Waals surface area (Å²) in [7, 11) is 3.62. The minimum Gasteiger partial charge on any atom is -0.410 e. The molecule has 1 rings (SSSR count). The maximum atomic E-state index is 11.8. The summed E-state index contributed by atoms with van der Waals surface area (Å²) in [5.41, 5.74) is 0.679. The third kappa shape index (κ3) is 3.18. The molecule has 0 aromatic heterocycles. The molecule has 4 nitrogen and oxygen atoms in total. The van der Waals surface area contributed by atoms with Gasteiger partial charge in [-0.3, -0.25) is 4.79 Å². The molecule has 80 valence electrons. The molecule has 1 aromatic carbocycles. The Balaban J connectivity index is 2.84. The van der Waals surface area contributed by atoms with Crippen LogP contribution in [0.15, 0.2) is 35.5 Å². The molecule has 4 heteroatoms. The van der Waals surface area contributed by atoms with Crippen LogP contribution < -0.4 is 0 Å². The Bertz CT molecular complexity index is 358. The molecule has 0 aliphatic rings. The highest BCUT2D eigenvalue weighted by atomic mass is 16.4. The van der Waals surface area contributed by atoms with E-state index in [2.05, 4.69) is 5.16 Å². The Morgan fingerprint density at radius 3 is 2.40 bits per heavy atom. The van der Waals surface area contributed by atoms with Gasteiger partial charge in [0.2, 0.25) is 5.78 Å². The van der Waals surface area contributed by atoms with Crippen molar-refractivity contribution < 1.29 is 10.0 Å². The molecular formula is C11H14N2O2. The third-order valence-corrected chi connectivity index (χ3v) is 1.88. The molecule has 1 aromatic rings. The smallest absolute Gasteiger partial charge is 0.211 e. The lowest BCUT2D eigenvalue weighted by Crippen LogP contribution is -2.28. The number of hydrogen-bond acceptors (Lipinski definition) is 4. The van der Waals surface area contributed by atoms with E-state index in [1.165, 1.54) is 0 Å². The van der Waals surface area contributed by atoms with Crippen LogP contribution in [0.4, 0.5) is 0 Å². The minimum absolute atomic E-state index is 0.145. The van der Waals surface area contributed by atoms with Gasteiger partial charge in [-0.1, -0.05) is 35.5 Å². The molecule has 0 atom stereocenters. The van der Waals surface area contributed by atoms with Crippen LogP contribution in [-0.2, 0) is 0 Å². The molecule has 15 heavy (non-hydrogen) atoms. The van der Waals surface area contributed by atoms with Gasteiger partial charge < -0.3 is 10.1 Å². The van der Waals surface area contributed by atoms with E-state index < -0.39 is 0 Å². The summed E-state index contributed by atoms with van der Waals surface area (Å²) < 4.78 is 0. The molecule has 0 amide bonds. The SMILES string of the molecule is CN(C)CC(=NO)C(=O)c1ccccc1. The molecule has 0 fully saturated rings. The van der Waals surface area contributed by atoms with Crippen LogP contribution >= 0.6 is 0 Å². The van der Waals surface area contributed by atoms with Gasteiger partial charge >= 0.3 is 0 Å². The topological polar surface area (TPSA) is 52.9 Å². The first-order valence-corrected chi connectivity index (χ1v) is 4.60. The average Bonchev–Trinajstić information content (AvgIpc) is 2.26. The van der Waals surface area contributed by atoms with Crippen LogP contribution in [0.2, 0.25) is 0 Å². The lowest BCUT2D eigenvalue weighted by molar-refractivity contribution is 0.105. The number of nitrogens with zero attached hydrogens (tertiary/aromatic N) is 2. The quantitative estimate of drug-likeness (QED) is 0.349. The van der Waals surface area contributed by atoms with Crippen molar-refractivity contribution >= 4 is 11.5 Å². The maximum Gasteiger partial charge on any atom is 0.211 e. The second kappa shape index (κ2) is 5.26. The maximum absolute atomic E-state index is 11.8. The van der Waals surface area contributed by atoms with Crippen molar-refractivity contribution in [3.8, 4) is 0 Å². The van der Waals surface area contributed by atoms with Crippen molar-refractivity contribution in [1.29, 1.82) is 0 Å². The van der Waals surface area contributed by atoms with Gasteiger partial charge in [0.05, 0.1) is 0 Å². The molecule has 1 N–H and O–H groups in total.